The quantitative estimate of drug-likeness (QED) is 0.888. The minimum Gasteiger partial charge on any atom is -0.383 e. The fourth-order valence-corrected chi connectivity index (χ4v) is 2.78. The predicted molar refractivity (Wildman–Crippen MR) is 90.7 cm³/mol. The van der Waals surface area contributed by atoms with Crippen molar-refractivity contribution in [2.45, 2.75) is 25.4 Å². The van der Waals surface area contributed by atoms with Gasteiger partial charge in [-0.25, -0.2) is 0 Å². The van der Waals surface area contributed by atoms with Gasteiger partial charge in [0.1, 0.15) is 0 Å². The van der Waals surface area contributed by atoms with E-state index in [0.29, 0.717) is 6.61 Å². The summed E-state index contributed by atoms with van der Waals surface area (Å²) in [6, 6.07) is 8.04. The molecule has 0 bridgehead atoms. The molecule has 0 spiro atoms. The molecular formula is C16H22ClN3O2. The van der Waals surface area contributed by atoms with Crippen LogP contribution < -0.4 is 10.6 Å². The molecule has 1 fully saturated rings. The van der Waals surface area contributed by atoms with Gasteiger partial charge in [-0.1, -0.05) is 6.07 Å². The van der Waals surface area contributed by atoms with Crippen LogP contribution in [-0.2, 0) is 16.1 Å². The van der Waals surface area contributed by atoms with Gasteiger partial charge in [-0.15, -0.1) is 12.4 Å². The van der Waals surface area contributed by atoms with Gasteiger partial charge in [0, 0.05) is 25.5 Å². The molecular weight excluding hydrogens is 302 g/mol. The molecule has 120 valence electrons. The fraction of sp³-hybridized carbons (Fsp3) is 0.438. The van der Waals surface area contributed by atoms with Crippen LogP contribution in [0.3, 0.4) is 0 Å². The largest absolute Gasteiger partial charge is 0.383 e. The standard InChI is InChI=1S/C16H21N3O2.ClH/c1-21-10-9-19-8-6-12-4-5-13(11-15(12)19)18-16(20)14-3-2-7-17-14;/h4-6,8,11,14,17H,2-3,7,9-10H2,1H3,(H,18,20);1H. The maximum atomic E-state index is 12.1. The second-order valence-electron chi connectivity index (χ2n) is 5.41. The number of ether oxygens (including phenoxy) is 1. The van der Waals surface area contributed by atoms with Crippen LogP contribution in [0.25, 0.3) is 10.9 Å². The smallest absolute Gasteiger partial charge is 0.241 e. The van der Waals surface area contributed by atoms with E-state index >= 15 is 0 Å². The third-order valence-electron chi connectivity index (χ3n) is 3.95. The maximum Gasteiger partial charge on any atom is 0.241 e. The molecule has 2 heterocycles. The van der Waals surface area contributed by atoms with E-state index in [4.69, 9.17) is 4.74 Å². The van der Waals surface area contributed by atoms with Crippen LogP contribution in [0.2, 0.25) is 0 Å². The molecule has 1 atom stereocenters. The Bertz CT molecular complexity index is 635. The highest BCUT2D eigenvalue weighted by Gasteiger charge is 2.21. The lowest BCUT2D eigenvalue weighted by atomic mass is 10.2. The first kappa shape index (κ1) is 16.8. The van der Waals surface area contributed by atoms with Gasteiger partial charge in [-0.2, -0.15) is 0 Å². The number of anilines is 1. The Hall–Kier alpha value is -1.56. The number of aromatic nitrogens is 1. The number of methoxy groups -OCH3 is 1. The van der Waals surface area contributed by atoms with E-state index in [2.05, 4.69) is 21.3 Å². The van der Waals surface area contributed by atoms with Crippen molar-refractivity contribution in [2.24, 2.45) is 0 Å². The summed E-state index contributed by atoms with van der Waals surface area (Å²) in [6.45, 7) is 2.41. The summed E-state index contributed by atoms with van der Waals surface area (Å²) < 4.78 is 7.27. The van der Waals surface area contributed by atoms with Crippen LogP contribution in [0, 0.1) is 0 Å². The molecule has 22 heavy (non-hydrogen) atoms. The van der Waals surface area contributed by atoms with Crippen LogP contribution in [0.4, 0.5) is 5.69 Å². The van der Waals surface area contributed by atoms with Crippen molar-refractivity contribution in [3.8, 4) is 0 Å². The summed E-state index contributed by atoms with van der Waals surface area (Å²) in [5.41, 5.74) is 1.96. The number of hydrogen-bond donors (Lipinski definition) is 2. The van der Waals surface area contributed by atoms with E-state index < -0.39 is 0 Å². The second-order valence-corrected chi connectivity index (χ2v) is 5.41. The lowest BCUT2D eigenvalue weighted by Crippen LogP contribution is -2.35. The molecule has 3 rings (SSSR count). The average Bonchev–Trinajstić information content (AvgIpc) is 3.15. The van der Waals surface area contributed by atoms with Gasteiger partial charge in [-0.3, -0.25) is 4.79 Å². The summed E-state index contributed by atoms with van der Waals surface area (Å²) in [7, 11) is 1.70. The summed E-state index contributed by atoms with van der Waals surface area (Å²) in [4.78, 5) is 12.1. The monoisotopic (exact) mass is 323 g/mol. The number of rotatable bonds is 5. The molecule has 1 aliphatic heterocycles. The Morgan fingerprint density at radius 2 is 2.32 bits per heavy atom. The van der Waals surface area contributed by atoms with E-state index in [1.807, 2.05) is 24.4 Å². The van der Waals surface area contributed by atoms with Crippen molar-refractivity contribution in [3.63, 3.8) is 0 Å². The van der Waals surface area contributed by atoms with Gasteiger partial charge >= 0.3 is 0 Å². The molecule has 1 aromatic heterocycles. The predicted octanol–water partition coefficient (Wildman–Crippen LogP) is 2.40. The average molecular weight is 324 g/mol. The third kappa shape index (κ3) is 3.61. The molecule has 0 saturated carbocycles. The van der Waals surface area contributed by atoms with Crippen LogP contribution in [0.5, 0.6) is 0 Å². The Morgan fingerprint density at radius 1 is 1.45 bits per heavy atom. The molecule has 1 aromatic carbocycles. The highest BCUT2D eigenvalue weighted by molar-refractivity contribution is 5.97. The second kappa shape index (κ2) is 7.63. The van der Waals surface area contributed by atoms with Crippen molar-refractivity contribution in [3.05, 3.63) is 30.5 Å². The Labute approximate surface area is 136 Å². The molecule has 1 unspecified atom stereocenters. The molecule has 1 saturated heterocycles. The highest BCUT2D eigenvalue weighted by atomic mass is 35.5. The van der Waals surface area contributed by atoms with Crippen molar-refractivity contribution in [1.29, 1.82) is 0 Å². The zero-order chi connectivity index (χ0) is 14.7. The Morgan fingerprint density at radius 3 is 3.05 bits per heavy atom. The number of hydrogen-bond acceptors (Lipinski definition) is 3. The van der Waals surface area contributed by atoms with E-state index in [0.717, 1.165) is 37.1 Å². The van der Waals surface area contributed by atoms with Crippen molar-refractivity contribution < 1.29 is 9.53 Å². The van der Waals surface area contributed by atoms with Crippen LogP contribution in [-0.4, -0.2) is 36.8 Å². The van der Waals surface area contributed by atoms with E-state index in [1.165, 1.54) is 5.39 Å². The van der Waals surface area contributed by atoms with Gasteiger partial charge in [-0.05, 0) is 43.0 Å². The van der Waals surface area contributed by atoms with E-state index in [-0.39, 0.29) is 24.4 Å². The molecule has 0 radical (unpaired) electrons. The minimum absolute atomic E-state index is 0. The lowest BCUT2D eigenvalue weighted by Gasteiger charge is -2.12. The Kier molecular flexibility index (Phi) is 5.83. The number of halogens is 1. The number of nitrogens with one attached hydrogen (secondary N) is 2. The van der Waals surface area contributed by atoms with Crippen LogP contribution in [0.1, 0.15) is 12.8 Å². The van der Waals surface area contributed by atoms with Gasteiger partial charge in [0.05, 0.1) is 18.2 Å². The number of fused-ring (bicyclic) bond motifs is 1. The number of amides is 1. The number of carbonyl (C=O) groups excluding carboxylic acids is 1. The first-order chi connectivity index (χ1) is 10.3. The molecule has 0 aliphatic carbocycles. The van der Waals surface area contributed by atoms with Crippen LogP contribution in [0.15, 0.2) is 30.5 Å². The minimum atomic E-state index is -0.0547. The Balaban J connectivity index is 0.00000176. The van der Waals surface area contributed by atoms with Gasteiger partial charge in [0.15, 0.2) is 0 Å². The van der Waals surface area contributed by atoms with Crippen molar-refractivity contribution in [1.82, 2.24) is 9.88 Å². The molecule has 6 heteroatoms. The first-order valence-electron chi connectivity index (χ1n) is 7.40. The number of carbonyl (C=O) groups is 1. The molecule has 5 nitrogen and oxygen atoms in total. The van der Waals surface area contributed by atoms with Crippen molar-refractivity contribution in [2.75, 3.05) is 25.6 Å². The SMILES string of the molecule is COCCn1ccc2ccc(NC(=O)C3CCCN3)cc21.Cl. The summed E-state index contributed by atoms with van der Waals surface area (Å²) in [6.07, 6.45) is 4.03. The van der Waals surface area contributed by atoms with E-state index in [1.54, 1.807) is 7.11 Å². The normalized spacial score (nSPS) is 17.4. The van der Waals surface area contributed by atoms with E-state index in [9.17, 15) is 4.79 Å². The van der Waals surface area contributed by atoms with Crippen LogP contribution >= 0.6 is 12.4 Å². The fourth-order valence-electron chi connectivity index (χ4n) is 2.78. The maximum absolute atomic E-state index is 12.1. The van der Waals surface area contributed by atoms with Crippen molar-refractivity contribution >= 4 is 34.9 Å². The third-order valence-corrected chi connectivity index (χ3v) is 3.95. The van der Waals surface area contributed by atoms with Gasteiger partial charge in [0.25, 0.3) is 0 Å². The zero-order valence-corrected chi connectivity index (χ0v) is 13.5. The summed E-state index contributed by atoms with van der Waals surface area (Å²) in [5, 5.41) is 7.39. The highest BCUT2D eigenvalue weighted by Crippen LogP contribution is 2.21. The topological polar surface area (TPSA) is 55.3 Å². The number of nitrogens with zero attached hydrogens (tertiary/aromatic N) is 1. The molecule has 2 N–H and O–H groups in total. The molecule has 1 aliphatic rings. The molecule has 1 amide bonds. The van der Waals surface area contributed by atoms with Gasteiger partial charge in [0.2, 0.25) is 5.91 Å². The number of benzene rings is 1. The lowest BCUT2D eigenvalue weighted by molar-refractivity contribution is -0.117. The van der Waals surface area contributed by atoms with Gasteiger partial charge < -0.3 is 19.9 Å². The zero-order valence-electron chi connectivity index (χ0n) is 12.7. The summed E-state index contributed by atoms with van der Waals surface area (Å²) in [5.74, 6) is 0.0573. The first-order valence-corrected chi connectivity index (χ1v) is 7.40. The summed E-state index contributed by atoms with van der Waals surface area (Å²) >= 11 is 0. The molecule has 2 aromatic rings.